The van der Waals surface area contributed by atoms with E-state index in [1.165, 1.54) is 16.3 Å². The van der Waals surface area contributed by atoms with Crippen molar-refractivity contribution in [2.45, 2.75) is 31.7 Å². The van der Waals surface area contributed by atoms with Gasteiger partial charge in [-0.15, -0.1) is 0 Å². The maximum atomic E-state index is 12.2. The van der Waals surface area contributed by atoms with Crippen LogP contribution in [-0.4, -0.2) is 23.7 Å². The number of rotatable bonds is 5. The van der Waals surface area contributed by atoms with Crippen LogP contribution in [0, 0.1) is 5.92 Å². The molecule has 0 saturated heterocycles. The van der Waals surface area contributed by atoms with Crippen LogP contribution in [0.1, 0.15) is 31.2 Å². The number of carbonyl (C=O) groups excluding carboxylic acids is 1. The lowest BCUT2D eigenvalue weighted by Crippen LogP contribution is -2.38. The van der Waals surface area contributed by atoms with Gasteiger partial charge in [0.15, 0.2) is 0 Å². The topological polar surface area (TPSA) is 49.3 Å². The SMILES string of the molecule is CCC(CO)NC(=O)C1CC1c1cccc2ccccc12. The first kappa shape index (κ1) is 14.1. The van der Waals surface area contributed by atoms with Gasteiger partial charge < -0.3 is 10.4 Å². The molecule has 1 aliphatic carbocycles. The average molecular weight is 283 g/mol. The predicted molar refractivity (Wildman–Crippen MR) is 84.1 cm³/mol. The first-order valence-corrected chi connectivity index (χ1v) is 7.63. The van der Waals surface area contributed by atoms with E-state index in [1.807, 2.05) is 19.1 Å². The lowest BCUT2D eigenvalue weighted by molar-refractivity contribution is -0.123. The second-order valence-electron chi connectivity index (χ2n) is 5.81. The summed E-state index contributed by atoms with van der Waals surface area (Å²) in [6, 6.07) is 14.5. The van der Waals surface area contributed by atoms with Gasteiger partial charge in [-0.2, -0.15) is 0 Å². The fourth-order valence-electron chi connectivity index (χ4n) is 2.99. The van der Waals surface area contributed by atoms with Crippen LogP contribution >= 0.6 is 0 Å². The highest BCUT2D eigenvalue weighted by Gasteiger charge is 2.44. The molecule has 0 aliphatic heterocycles. The quantitative estimate of drug-likeness (QED) is 0.886. The molecule has 3 heteroatoms. The first-order chi connectivity index (χ1) is 10.2. The highest BCUT2D eigenvalue weighted by molar-refractivity contribution is 5.89. The van der Waals surface area contributed by atoms with E-state index < -0.39 is 0 Å². The normalized spacial score (nSPS) is 22.0. The predicted octanol–water partition coefficient (Wildman–Crippen LogP) is 2.83. The Hall–Kier alpha value is -1.87. The van der Waals surface area contributed by atoms with Crippen molar-refractivity contribution in [2.75, 3.05) is 6.61 Å². The summed E-state index contributed by atoms with van der Waals surface area (Å²) < 4.78 is 0. The third-order valence-electron chi connectivity index (χ3n) is 4.41. The Morgan fingerprint density at radius 2 is 2.05 bits per heavy atom. The summed E-state index contributed by atoms with van der Waals surface area (Å²) in [7, 11) is 0. The van der Waals surface area contributed by atoms with Gasteiger partial charge in [-0.05, 0) is 35.1 Å². The van der Waals surface area contributed by atoms with Gasteiger partial charge in [-0.3, -0.25) is 4.79 Å². The lowest BCUT2D eigenvalue weighted by atomic mass is 10.00. The molecule has 2 aromatic carbocycles. The number of hydrogen-bond donors (Lipinski definition) is 2. The second-order valence-corrected chi connectivity index (χ2v) is 5.81. The molecule has 110 valence electrons. The van der Waals surface area contributed by atoms with E-state index in [9.17, 15) is 9.90 Å². The third kappa shape index (κ3) is 2.79. The van der Waals surface area contributed by atoms with Gasteiger partial charge in [0, 0.05) is 5.92 Å². The maximum absolute atomic E-state index is 12.2. The van der Waals surface area contributed by atoms with Crippen LogP contribution in [0.5, 0.6) is 0 Å². The zero-order valence-electron chi connectivity index (χ0n) is 12.3. The Morgan fingerprint density at radius 3 is 2.81 bits per heavy atom. The number of aliphatic hydroxyl groups is 1. The monoisotopic (exact) mass is 283 g/mol. The molecule has 3 atom stereocenters. The molecule has 21 heavy (non-hydrogen) atoms. The Bertz CT molecular complexity index is 643. The zero-order valence-corrected chi connectivity index (χ0v) is 12.3. The fourth-order valence-corrected chi connectivity index (χ4v) is 2.99. The molecule has 2 aromatic rings. The molecule has 0 aromatic heterocycles. The average Bonchev–Trinajstić information content (AvgIpc) is 3.32. The number of amides is 1. The largest absolute Gasteiger partial charge is 0.394 e. The second kappa shape index (κ2) is 5.86. The van der Waals surface area contributed by atoms with Crippen LogP contribution in [0.2, 0.25) is 0 Å². The van der Waals surface area contributed by atoms with Crippen LogP contribution in [0.4, 0.5) is 0 Å². The van der Waals surface area contributed by atoms with Crippen molar-refractivity contribution >= 4 is 16.7 Å². The molecule has 0 radical (unpaired) electrons. The number of fused-ring (bicyclic) bond motifs is 1. The summed E-state index contributed by atoms with van der Waals surface area (Å²) in [5.41, 5.74) is 1.27. The van der Waals surface area contributed by atoms with E-state index in [2.05, 4.69) is 35.6 Å². The van der Waals surface area contributed by atoms with Crippen molar-refractivity contribution in [3.05, 3.63) is 48.0 Å². The smallest absolute Gasteiger partial charge is 0.224 e. The molecule has 1 saturated carbocycles. The minimum Gasteiger partial charge on any atom is -0.394 e. The van der Waals surface area contributed by atoms with Gasteiger partial charge in [0.25, 0.3) is 0 Å². The highest BCUT2D eigenvalue weighted by Crippen LogP contribution is 2.49. The van der Waals surface area contributed by atoms with Crippen molar-refractivity contribution in [3.8, 4) is 0 Å². The maximum Gasteiger partial charge on any atom is 0.224 e. The number of benzene rings is 2. The molecule has 0 bridgehead atoms. The Kier molecular flexibility index (Phi) is 3.93. The Labute approximate surface area is 125 Å². The summed E-state index contributed by atoms with van der Waals surface area (Å²) in [5.74, 6) is 0.442. The molecule has 2 N–H and O–H groups in total. The molecule has 0 heterocycles. The molecule has 1 fully saturated rings. The van der Waals surface area contributed by atoms with Gasteiger partial charge in [-0.1, -0.05) is 49.4 Å². The van der Waals surface area contributed by atoms with Gasteiger partial charge in [-0.25, -0.2) is 0 Å². The summed E-state index contributed by atoms with van der Waals surface area (Å²) in [6.45, 7) is 1.98. The number of hydrogen-bond acceptors (Lipinski definition) is 2. The van der Waals surface area contributed by atoms with Gasteiger partial charge in [0.2, 0.25) is 5.91 Å². The van der Waals surface area contributed by atoms with E-state index >= 15 is 0 Å². The molecule has 3 nitrogen and oxygen atoms in total. The standard InChI is InChI=1S/C18H21NO2/c1-2-13(11-20)19-18(21)17-10-16(17)15-9-5-7-12-6-3-4-8-14(12)15/h3-9,13,16-17,20H,2,10-11H2,1H3,(H,19,21). The highest BCUT2D eigenvalue weighted by atomic mass is 16.3. The fraction of sp³-hybridized carbons (Fsp3) is 0.389. The van der Waals surface area contributed by atoms with Crippen molar-refractivity contribution in [2.24, 2.45) is 5.92 Å². The van der Waals surface area contributed by atoms with Crippen LogP contribution in [0.25, 0.3) is 10.8 Å². The molecule has 0 spiro atoms. The number of nitrogens with one attached hydrogen (secondary N) is 1. The van der Waals surface area contributed by atoms with Crippen LogP contribution in [0.15, 0.2) is 42.5 Å². The van der Waals surface area contributed by atoms with Crippen molar-refractivity contribution in [1.29, 1.82) is 0 Å². The van der Waals surface area contributed by atoms with Gasteiger partial charge in [0.1, 0.15) is 0 Å². The van der Waals surface area contributed by atoms with Crippen LogP contribution < -0.4 is 5.32 Å². The van der Waals surface area contributed by atoms with Gasteiger partial charge in [0.05, 0.1) is 12.6 Å². The van der Waals surface area contributed by atoms with E-state index in [-0.39, 0.29) is 24.5 Å². The molecule has 1 aliphatic rings. The van der Waals surface area contributed by atoms with Crippen LogP contribution in [0.3, 0.4) is 0 Å². The minimum absolute atomic E-state index is 0.00783. The summed E-state index contributed by atoms with van der Waals surface area (Å²) in [6.07, 6.45) is 1.66. The Morgan fingerprint density at radius 1 is 1.29 bits per heavy atom. The zero-order chi connectivity index (χ0) is 14.8. The minimum atomic E-state index is -0.119. The number of aliphatic hydroxyl groups excluding tert-OH is 1. The van der Waals surface area contributed by atoms with Crippen molar-refractivity contribution in [1.82, 2.24) is 5.32 Å². The molecular weight excluding hydrogens is 262 g/mol. The molecule has 3 unspecified atom stereocenters. The lowest BCUT2D eigenvalue weighted by Gasteiger charge is -2.14. The number of carbonyl (C=O) groups is 1. The van der Waals surface area contributed by atoms with E-state index in [0.717, 1.165) is 12.8 Å². The van der Waals surface area contributed by atoms with Crippen molar-refractivity contribution in [3.63, 3.8) is 0 Å². The van der Waals surface area contributed by atoms with Crippen molar-refractivity contribution < 1.29 is 9.90 Å². The summed E-state index contributed by atoms with van der Waals surface area (Å²) in [5, 5.41) is 14.6. The molecular formula is C18H21NO2. The van der Waals surface area contributed by atoms with E-state index in [1.54, 1.807) is 0 Å². The molecule has 1 amide bonds. The summed E-state index contributed by atoms with van der Waals surface area (Å²) in [4.78, 5) is 12.2. The summed E-state index contributed by atoms with van der Waals surface area (Å²) >= 11 is 0. The first-order valence-electron chi connectivity index (χ1n) is 7.63. The third-order valence-corrected chi connectivity index (χ3v) is 4.41. The molecule has 3 rings (SSSR count). The van der Waals surface area contributed by atoms with Gasteiger partial charge >= 0.3 is 0 Å². The van der Waals surface area contributed by atoms with Crippen LogP contribution in [-0.2, 0) is 4.79 Å². The van der Waals surface area contributed by atoms with E-state index in [0.29, 0.717) is 5.92 Å². The van der Waals surface area contributed by atoms with E-state index in [4.69, 9.17) is 0 Å². The Balaban J connectivity index is 1.76.